The monoisotopic (exact) mass is 342 g/mol. The smallest absolute Gasteiger partial charge is 0.372 e. The lowest BCUT2D eigenvalue weighted by atomic mass is 9.81. The van der Waals surface area contributed by atoms with Gasteiger partial charge >= 0.3 is 6.18 Å². The van der Waals surface area contributed by atoms with Gasteiger partial charge in [0.1, 0.15) is 6.61 Å². The molecule has 0 saturated carbocycles. The number of hydrogen-bond donors (Lipinski definition) is 0. The molecular weight excluding hydrogens is 324 g/mol. The highest BCUT2D eigenvalue weighted by Crippen LogP contribution is 2.32. The molecule has 0 aliphatic heterocycles. The van der Waals surface area contributed by atoms with Crippen LogP contribution in [-0.2, 0) is 11.2 Å². The standard InChI is InChI=1S/C15H19Cl2F3O/c16-10-14(11-17,9-13-5-2-1-3-6-13)7-4-8-21-12-15(18,19)20/h1-3,5-6H,4,7-12H2. The minimum absolute atomic E-state index is 0.0594. The summed E-state index contributed by atoms with van der Waals surface area (Å²) < 4.78 is 40.5. The summed E-state index contributed by atoms with van der Waals surface area (Å²) in [5.74, 6) is 0.731. The molecule has 0 atom stereocenters. The van der Waals surface area contributed by atoms with E-state index in [-0.39, 0.29) is 12.0 Å². The van der Waals surface area contributed by atoms with E-state index in [1.807, 2.05) is 30.3 Å². The van der Waals surface area contributed by atoms with E-state index in [0.29, 0.717) is 31.0 Å². The maximum atomic E-state index is 12.0. The fourth-order valence-electron chi connectivity index (χ4n) is 2.12. The van der Waals surface area contributed by atoms with Crippen molar-refractivity contribution in [3.63, 3.8) is 0 Å². The van der Waals surface area contributed by atoms with Crippen LogP contribution < -0.4 is 0 Å². The fourth-order valence-corrected chi connectivity index (χ4v) is 2.86. The summed E-state index contributed by atoms with van der Waals surface area (Å²) in [5, 5.41) is 0. The largest absolute Gasteiger partial charge is 0.411 e. The molecule has 1 nitrogen and oxygen atoms in total. The third kappa shape index (κ3) is 7.39. The number of rotatable bonds is 9. The van der Waals surface area contributed by atoms with E-state index in [2.05, 4.69) is 4.74 Å². The zero-order valence-electron chi connectivity index (χ0n) is 11.6. The van der Waals surface area contributed by atoms with E-state index in [1.165, 1.54) is 0 Å². The number of ether oxygens (including phenoxy) is 1. The topological polar surface area (TPSA) is 9.23 Å². The van der Waals surface area contributed by atoms with Crippen molar-refractivity contribution in [2.75, 3.05) is 25.0 Å². The summed E-state index contributed by atoms with van der Waals surface area (Å²) in [7, 11) is 0. The maximum Gasteiger partial charge on any atom is 0.411 e. The first-order chi connectivity index (χ1) is 9.91. The second-order valence-corrected chi connectivity index (χ2v) is 5.74. The molecule has 0 amide bonds. The third-order valence-electron chi connectivity index (χ3n) is 3.25. The Bertz CT molecular complexity index is 392. The maximum absolute atomic E-state index is 12.0. The lowest BCUT2D eigenvalue weighted by molar-refractivity contribution is -0.174. The van der Waals surface area contributed by atoms with Gasteiger partial charge in [-0.1, -0.05) is 30.3 Å². The van der Waals surface area contributed by atoms with Crippen molar-refractivity contribution in [2.24, 2.45) is 5.41 Å². The van der Waals surface area contributed by atoms with Gasteiger partial charge in [0.05, 0.1) is 0 Å². The van der Waals surface area contributed by atoms with Crippen molar-refractivity contribution in [3.05, 3.63) is 35.9 Å². The van der Waals surface area contributed by atoms with E-state index in [0.717, 1.165) is 5.56 Å². The van der Waals surface area contributed by atoms with Crippen molar-refractivity contribution < 1.29 is 17.9 Å². The summed E-state index contributed by atoms with van der Waals surface area (Å²) in [6, 6.07) is 9.80. The van der Waals surface area contributed by atoms with Crippen LogP contribution in [0.1, 0.15) is 18.4 Å². The highest BCUT2D eigenvalue weighted by atomic mass is 35.5. The van der Waals surface area contributed by atoms with Gasteiger partial charge < -0.3 is 4.74 Å². The Morgan fingerprint density at radius 2 is 1.62 bits per heavy atom. The van der Waals surface area contributed by atoms with Crippen molar-refractivity contribution in [1.82, 2.24) is 0 Å². The van der Waals surface area contributed by atoms with E-state index >= 15 is 0 Å². The number of hydrogen-bond acceptors (Lipinski definition) is 1. The van der Waals surface area contributed by atoms with Crippen LogP contribution in [0.15, 0.2) is 30.3 Å². The Labute approximate surface area is 133 Å². The van der Waals surface area contributed by atoms with Gasteiger partial charge in [-0.2, -0.15) is 13.2 Å². The van der Waals surface area contributed by atoms with E-state index in [1.54, 1.807) is 0 Å². The van der Waals surface area contributed by atoms with E-state index in [4.69, 9.17) is 23.2 Å². The van der Waals surface area contributed by atoms with Crippen LogP contribution in [-0.4, -0.2) is 31.2 Å². The average molecular weight is 343 g/mol. The highest BCUT2D eigenvalue weighted by Gasteiger charge is 2.29. The fraction of sp³-hybridized carbons (Fsp3) is 0.600. The molecule has 0 fully saturated rings. The Hall–Kier alpha value is -0.450. The van der Waals surface area contributed by atoms with Crippen LogP contribution in [0.5, 0.6) is 0 Å². The van der Waals surface area contributed by atoms with Gasteiger partial charge in [-0.05, 0) is 24.8 Å². The van der Waals surface area contributed by atoms with Gasteiger partial charge in [0.25, 0.3) is 0 Å². The predicted octanol–water partition coefficient (Wildman–Crippen LogP) is 5.05. The first-order valence-corrected chi connectivity index (χ1v) is 7.78. The minimum atomic E-state index is -4.28. The summed E-state index contributed by atoms with van der Waals surface area (Å²) in [6.45, 7) is -1.15. The predicted molar refractivity (Wildman–Crippen MR) is 80.1 cm³/mol. The molecule has 0 saturated heterocycles. The SMILES string of the molecule is FC(F)(F)COCCCC(CCl)(CCl)Cc1ccccc1. The van der Waals surface area contributed by atoms with Crippen LogP contribution in [0.3, 0.4) is 0 Å². The van der Waals surface area contributed by atoms with Crippen molar-refractivity contribution >= 4 is 23.2 Å². The van der Waals surface area contributed by atoms with Crippen molar-refractivity contribution in [3.8, 4) is 0 Å². The minimum Gasteiger partial charge on any atom is -0.372 e. The van der Waals surface area contributed by atoms with Gasteiger partial charge in [0.15, 0.2) is 0 Å². The second-order valence-electron chi connectivity index (χ2n) is 5.20. The molecule has 1 aromatic rings. The molecule has 0 aromatic heterocycles. The van der Waals surface area contributed by atoms with E-state index in [9.17, 15) is 13.2 Å². The molecule has 0 unspecified atom stereocenters. The van der Waals surface area contributed by atoms with Crippen LogP contribution >= 0.6 is 23.2 Å². The molecule has 0 aliphatic carbocycles. The molecule has 120 valence electrons. The molecular formula is C15H19Cl2F3O. The first kappa shape index (κ1) is 18.6. The Kier molecular flexibility index (Phi) is 7.85. The number of benzene rings is 1. The Morgan fingerprint density at radius 3 is 2.14 bits per heavy atom. The normalized spacial score (nSPS) is 12.6. The molecule has 0 spiro atoms. The van der Waals surface area contributed by atoms with Crippen molar-refractivity contribution in [2.45, 2.75) is 25.4 Å². The summed E-state index contributed by atoms with van der Waals surface area (Å²) in [6.07, 6.45) is -2.44. The van der Waals surface area contributed by atoms with Crippen LogP contribution in [0.25, 0.3) is 0 Å². The molecule has 0 radical (unpaired) electrons. The molecule has 0 bridgehead atoms. The molecule has 1 rings (SSSR count). The van der Waals surface area contributed by atoms with Crippen LogP contribution in [0.2, 0.25) is 0 Å². The van der Waals surface area contributed by atoms with Crippen LogP contribution in [0.4, 0.5) is 13.2 Å². The lowest BCUT2D eigenvalue weighted by Gasteiger charge is -2.30. The van der Waals surface area contributed by atoms with Gasteiger partial charge in [-0.25, -0.2) is 0 Å². The molecule has 1 aromatic carbocycles. The third-order valence-corrected chi connectivity index (χ3v) is 4.38. The molecule has 0 aliphatic rings. The molecule has 0 heterocycles. The Morgan fingerprint density at radius 1 is 1.00 bits per heavy atom. The van der Waals surface area contributed by atoms with Gasteiger partial charge in [0, 0.05) is 23.8 Å². The summed E-state index contributed by atoms with van der Waals surface area (Å²) in [5.41, 5.74) is 0.807. The average Bonchev–Trinajstić information content (AvgIpc) is 2.45. The number of alkyl halides is 5. The summed E-state index contributed by atoms with van der Waals surface area (Å²) >= 11 is 12.1. The van der Waals surface area contributed by atoms with Crippen molar-refractivity contribution in [1.29, 1.82) is 0 Å². The van der Waals surface area contributed by atoms with Gasteiger partial charge in [-0.15, -0.1) is 23.2 Å². The van der Waals surface area contributed by atoms with Gasteiger partial charge in [0.2, 0.25) is 0 Å². The first-order valence-electron chi connectivity index (χ1n) is 6.71. The molecule has 21 heavy (non-hydrogen) atoms. The zero-order valence-corrected chi connectivity index (χ0v) is 13.1. The quantitative estimate of drug-likeness (QED) is 0.450. The molecule has 6 heteroatoms. The zero-order chi connectivity index (χ0) is 15.8. The summed E-state index contributed by atoms with van der Waals surface area (Å²) in [4.78, 5) is 0. The number of halogens is 5. The van der Waals surface area contributed by atoms with Crippen LogP contribution in [0, 0.1) is 5.41 Å². The Balaban J connectivity index is 2.45. The van der Waals surface area contributed by atoms with E-state index < -0.39 is 12.8 Å². The van der Waals surface area contributed by atoms with Gasteiger partial charge in [-0.3, -0.25) is 0 Å². The lowest BCUT2D eigenvalue weighted by Crippen LogP contribution is -2.29. The molecule has 0 N–H and O–H groups in total. The highest BCUT2D eigenvalue weighted by molar-refractivity contribution is 6.21. The second kappa shape index (κ2) is 8.86.